The number of fused-ring (bicyclic) bond motifs is 1. The number of piperazine rings is 1. The molecule has 0 bridgehead atoms. The Kier molecular flexibility index (Phi) is 6.98. The molecule has 0 saturated carbocycles. The smallest absolute Gasteiger partial charge is 0.234 e. The van der Waals surface area contributed by atoms with E-state index >= 15 is 0 Å². The predicted octanol–water partition coefficient (Wildman–Crippen LogP) is 4.60. The van der Waals surface area contributed by atoms with Crippen LogP contribution in [0.5, 0.6) is 0 Å². The minimum atomic E-state index is -0.441. The molecule has 1 amide bonds. The third-order valence-electron chi connectivity index (χ3n) is 5.68. The normalized spacial score (nSPS) is 22.1. The highest BCUT2D eigenvalue weighted by atomic mass is 79.9. The molecule has 160 valence electrons. The lowest BCUT2D eigenvalue weighted by Crippen LogP contribution is -2.49. The van der Waals surface area contributed by atoms with Gasteiger partial charge in [0.25, 0.3) is 0 Å². The van der Waals surface area contributed by atoms with Crippen LogP contribution in [0.4, 0.5) is 4.39 Å². The number of carbonyl (C=O) groups excluding carboxylic acids is 1. The predicted molar refractivity (Wildman–Crippen MR) is 122 cm³/mol. The molecule has 30 heavy (non-hydrogen) atoms. The molecule has 1 aromatic heterocycles. The van der Waals surface area contributed by atoms with Crippen LogP contribution in [0.1, 0.15) is 35.2 Å². The molecule has 2 aromatic rings. The van der Waals surface area contributed by atoms with E-state index in [4.69, 9.17) is 0 Å². The van der Waals surface area contributed by atoms with Crippen molar-refractivity contribution in [2.75, 3.05) is 32.7 Å². The van der Waals surface area contributed by atoms with Crippen LogP contribution in [0.3, 0.4) is 0 Å². The first-order valence-corrected chi connectivity index (χ1v) is 12.1. The zero-order valence-corrected chi connectivity index (χ0v) is 20.1. The van der Waals surface area contributed by atoms with E-state index < -0.39 is 6.04 Å². The summed E-state index contributed by atoms with van der Waals surface area (Å²) < 4.78 is 15.7. The number of thiophene rings is 1. The summed E-state index contributed by atoms with van der Waals surface area (Å²) in [5.74, 6) is -0.237. The van der Waals surface area contributed by atoms with Crippen LogP contribution in [0.15, 0.2) is 37.0 Å². The Labute approximate surface area is 195 Å². The van der Waals surface area contributed by atoms with Gasteiger partial charge in [-0.2, -0.15) is 4.91 Å². The van der Waals surface area contributed by atoms with Gasteiger partial charge in [0.05, 0.1) is 20.2 Å². The Morgan fingerprint density at radius 1 is 1.13 bits per heavy atom. The number of rotatable bonds is 6. The molecule has 2 aliphatic rings. The van der Waals surface area contributed by atoms with Crippen LogP contribution in [-0.4, -0.2) is 48.4 Å². The number of hydrogen-bond donors (Lipinski definition) is 1. The van der Waals surface area contributed by atoms with E-state index in [1.807, 2.05) is 12.1 Å². The number of halogens is 3. The lowest BCUT2D eigenvalue weighted by Gasteiger charge is -2.34. The maximum absolute atomic E-state index is 13.9. The average Bonchev–Trinajstić information content (AvgIpc) is 3.23. The zero-order chi connectivity index (χ0) is 21.3. The molecule has 2 heterocycles. The Bertz CT molecular complexity index is 949. The molecule has 1 aromatic carbocycles. The number of amides is 1. The molecule has 2 atom stereocenters. The highest BCUT2D eigenvalue weighted by Crippen LogP contribution is 2.52. The van der Waals surface area contributed by atoms with Gasteiger partial charge in [0.15, 0.2) is 0 Å². The maximum atomic E-state index is 13.9. The molecular formula is C20H21Br2FN4O2S. The summed E-state index contributed by atoms with van der Waals surface area (Å²) >= 11 is 8.54. The molecule has 2 unspecified atom stereocenters. The standard InChI is InChI=1S/C20H21Br2FN4O2S/c21-19-17-14(9-15(25-29)18(17)20(22)30-19)24-16(28)11-27-7-5-26(6-8-27)10-12-3-1-2-4-13(12)23/h1-4,14-15H,5-11H2,(H,24,28). The van der Waals surface area contributed by atoms with Crippen LogP contribution in [-0.2, 0) is 11.3 Å². The summed E-state index contributed by atoms with van der Waals surface area (Å²) in [6.45, 7) is 3.97. The second-order valence-electron chi connectivity index (χ2n) is 7.60. The van der Waals surface area contributed by atoms with E-state index in [9.17, 15) is 14.1 Å². The molecule has 1 fully saturated rings. The monoisotopic (exact) mass is 558 g/mol. The highest BCUT2D eigenvalue weighted by Gasteiger charge is 2.38. The summed E-state index contributed by atoms with van der Waals surface area (Å²) in [6.07, 6.45) is 0.487. The first-order valence-electron chi connectivity index (χ1n) is 9.73. The van der Waals surface area contributed by atoms with Crippen molar-refractivity contribution in [1.29, 1.82) is 0 Å². The van der Waals surface area contributed by atoms with Crippen LogP contribution in [0, 0.1) is 10.7 Å². The van der Waals surface area contributed by atoms with E-state index in [0.29, 0.717) is 25.1 Å². The van der Waals surface area contributed by atoms with E-state index in [1.165, 1.54) is 17.4 Å². The van der Waals surface area contributed by atoms with Gasteiger partial charge >= 0.3 is 0 Å². The van der Waals surface area contributed by atoms with Crippen molar-refractivity contribution in [3.63, 3.8) is 0 Å². The molecule has 1 N–H and O–H groups in total. The van der Waals surface area contributed by atoms with Crippen LogP contribution < -0.4 is 5.32 Å². The number of carbonyl (C=O) groups is 1. The quantitative estimate of drug-likeness (QED) is 0.525. The van der Waals surface area contributed by atoms with Crippen LogP contribution in [0.25, 0.3) is 0 Å². The number of nitroso groups, excluding NO2 is 1. The molecule has 0 spiro atoms. The molecular weight excluding hydrogens is 539 g/mol. The van der Waals surface area contributed by atoms with Crippen molar-refractivity contribution in [1.82, 2.24) is 15.1 Å². The largest absolute Gasteiger partial charge is 0.348 e. The van der Waals surface area contributed by atoms with Gasteiger partial charge < -0.3 is 5.32 Å². The fourth-order valence-electron chi connectivity index (χ4n) is 4.14. The van der Waals surface area contributed by atoms with Crippen molar-refractivity contribution < 1.29 is 9.18 Å². The molecule has 10 heteroatoms. The lowest BCUT2D eigenvalue weighted by molar-refractivity contribution is -0.123. The minimum absolute atomic E-state index is 0.0609. The lowest BCUT2D eigenvalue weighted by atomic mass is 10.1. The first kappa shape index (κ1) is 22.0. The number of nitrogens with zero attached hydrogens (tertiary/aromatic N) is 3. The second kappa shape index (κ2) is 9.52. The fraction of sp³-hybridized carbons (Fsp3) is 0.450. The van der Waals surface area contributed by atoms with Gasteiger partial charge in [0.1, 0.15) is 11.9 Å². The zero-order valence-electron chi connectivity index (χ0n) is 16.1. The summed E-state index contributed by atoms with van der Waals surface area (Å²) in [5.41, 5.74) is 2.54. The van der Waals surface area contributed by atoms with Crippen molar-refractivity contribution in [2.24, 2.45) is 5.18 Å². The molecule has 1 aliphatic heterocycles. The Morgan fingerprint density at radius 2 is 1.80 bits per heavy atom. The van der Waals surface area contributed by atoms with E-state index in [-0.39, 0.29) is 17.8 Å². The third-order valence-corrected chi connectivity index (χ3v) is 8.30. The molecule has 1 aliphatic carbocycles. The SMILES string of the molecule is O=NC1CC(NC(=O)CN2CCN(Cc3ccccc3F)CC2)c2c(Br)sc(Br)c21. The van der Waals surface area contributed by atoms with Gasteiger partial charge in [-0.25, -0.2) is 4.39 Å². The number of hydrogen-bond acceptors (Lipinski definition) is 6. The van der Waals surface area contributed by atoms with Gasteiger partial charge in [0.2, 0.25) is 5.91 Å². The van der Waals surface area contributed by atoms with Crippen LogP contribution in [0.2, 0.25) is 0 Å². The van der Waals surface area contributed by atoms with Crippen molar-refractivity contribution in [2.45, 2.75) is 25.0 Å². The topological polar surface area (TPSA) is 65.0 Å². The molecule has 1 saturated heterocycles. The van der Waals surface area contributed by atoms with E-state index in [2.05, 4.69) is 52.2 Å². The molecule has 4 rings (SSSR count). The van der Waals surface area contributed by atoms with Gasteiger partial charge in [-0.3, -0.25) is 14.6 Å². The maximum Gasteiger partial charge on any atom is 0.234 e. The Hall–Kier alpha value is -1.20. The first-order chi connectivity index (χ1) is 14.5. The van der Waals surface area contributed by atoms with Gasteiger partial charge in [0, 0.05) is 55.8 Å². The molecule has 6 nitrogen and oxygen atoms in total. The van der Waals surface area contributed by atoms with E-state index in [0.717, 1.165) is 44.9 Å². The van der Waals surface area contributed by atoms with Gasteiger partial charge in [-0.15, -0.1) is 11.3 Å². The summed E-state index contributed by atoms with van der Waals surface area (Å²) in [7, 11) is 0. The summed E-state index contributed by atoms with van der Waals surface area (Å²) in [5, 5.41) is 6.31. The minimum Gasteiger partial charge on any atom is -0.348 e. The third kappa shape index (κ3) is 4.67. The second-order valence-corrected chi connectivity index (χ2v) is 11.3. The van der Waals surface area contributed by atoms with Gasteiger partial charge in [-0.05, 0) is 37.9 Å². The van der Waals surface area contributed by atoms with Gasteiger partial charge in [-0.1, -0.05) is 23.4 Å². The van der Waals surface area contributed by atoms with Crippen LogP contribution >= 0.6 is 43.2 Å². The summed E-state index contributed by atoms with van der Waals surface area (Å²) in [4.78, 5) is 28.2. The van der Waals surface area contributed by atoms with Crippen molar-refractivity contribution >= 4 is 49.1 Å². The highest BCUT2D eigenvalue weighted by molar-refractivity contribution is 9.12. The van der Waals surface area contributed by atoms with Crippen molar-refractivity contribution in [3.8, 4) is 0 Å². The van der Waals surface area contributed by atoms with E-state index in [1.54, 1.807) is 6.07 Å². The number of benzene rings is 1. The Morgan fingerprint density at radius 3 is 2.50 bits per heavy atom. The fourth-order valence-corrected chi connectivity index (χ4v) is 7.60. The average molecular weight is 560 g/mol. The number of nitrogens with one attached hydrogen (secondary N) is 1. The Balaban J connectivity index is 1.29. The van der Waals surface area contributed by atoms with Crippen molar-refractivity contribution in [3.05, 3.63) is 59.3 Å². The summed E-state index contributed by atoms with van der Waals surface area (Å²) in [6, 6.07) is 6.19. The molecule has 0 radical (unpaired) electrons.